The van der Waals surface area contributed by atoms with Crippen molar-refractivity contribution in [1.29, 1.82) is 0 Å². The molecule has 24 heavy (non-hydrogen) atoms. The minimum atomic E-state index is -1.52. The number of nitrogens with zero attached hydrogens (tertiary/aromatic N) is 1. The van der Waals surface area contributed by atoms with E-state index in [0.717, 1.165) is 11.1 Å². The molecule has 3 amide bonds. The third-order valence-corrected chi connectivity index (χ3v) is 5.04. The fourth-order valence-corrected chi connectivity index (χ4v) is 3.25. The Morgan fingerprint density at radius 1 is 1.21 bits per heavy atom. The summed E-state index contributed by atoms with van der Waals surface area (Å²) in [6.07, 6.45) is 0.607. The monoisotopic (exact) mass is 362 g/mol. The second-order valence-corrected chi connectivity index (χ2v) is 7.16. The first-order valence-electron chi connectivity index (χ1n) is 7.41. The summed E-state index contributed by atoms with van der Waals surface area (Å²) in [5.41, 5.74) is 2.43. The Labute approximate surface area is 147 Å². The lowest BCUT2D eigenvalue weighted by atomic mass is 10.1. The van der Waals surface area contributed by atoms with Crippen molar-refractivity contribution < 1.29 is 14.1 Å². The maximum atomic E-state index is 12.2. The standard InChI is InChI=1S/C17H15ClN2O3S/c18-24(23)14-7-5-12(6-8-14)9-10-19-17(22)20-11-13-3-1-2-4-15(13)16(20)21/h1-8H,9-11H2,(H,19,22). The van der Waals surface area contributed by atoms with Crippen LogP contribution in [0, 0.1) is 0 Å². The zero-order valence-electron chi connectivity index (χ0n) is 12.7. The number of imide groups is 1. The summed E-state index contributed by atoms with van der Waals surface area (Å²) in [7, 11) is 3.99. The van der Waals surface area contributed by atoms with E-state index >= 15 is 0 Å². The van der Waals surface area contributed by atoms with Crippen LogP contribution in [0.3, 0.4) is 0 Å². The fourth-order valence-electron chi connectivity index (χ4n) is 2.59. The highest BCUT2D eigenvalue weighted by molar-refractivity contribution is 8.13. The molecule has 7 heteroatoms. The van der Waals surface area contributed by atoms with Gasteiger partial charge in [0, 0.05) is 12.1 Å². The van der Waals surface area contributed by atoms with Crippen LogP contribution in [0.4, 0.5) is 4.79 Å². The molecule has 1 unspecified atom stereocenters. The fraction of sp³-hybridized carbons (Fsp3) is 0.176. The van der Waals surface area contributed by atoms with Crippen LogP contribution in [0.25, 0.3) is 0 Å². The highest BCUT2D eigenvalue weighted by Crippen LogP contribution is 2.22. The van der Waals surface area contributed by atoms with E-state index in [2.05, 4.69) is 5.32 Å². The number of amides is 3. The summed E-state index contributed by atoms with van der Waals surface area (Å²) in [6, 6.07) is 13.9. The number of carbonyl (C=O) groups excluding carboxylic acids is 2. The number of hydrogen-bond acceptors (Lipinski definition) is 3. The van der Waals surface area contributed by atoms with Gasteiger partial charge in [-0.1, -0.05) is 30.3 Å². The number of hydrogen-bond donors (Lipinski definition) is 1. The smallest absolute Gasteiger partial charge is 0.324 e. The molecule has 124 valence electrons. The molecule has 1 N–H and O–H groups in total. The van der Waals surface area contributed by atoms with Crippen LogP contribution < -0.4 is 5.32 Å². The van der Waals surface area contributed by atoms with Gasteiger partial charge in [-0.3, -0.25) is 9.69 Å². The molecule has 0 bridgehead atoms. The molecule has 0 saturated heterocycles. The molecular formula is C17H15ClN2O3S. The average molecular weight is 363 g/mol. The van der Waals surface area contributed by atoms with Gasteiger partial charge in [-0.25, -0.2) is 4.79 Å². The average Bonchev–Trinajstić information content (AvgIpc) is 2.93. The third kappa shape index (κ3) is 3.56. The first-order chi connectivity index (χ1) is 11.6. The van der Waals surface area contributed by atoms with E-state index in [1.165, 1.54) is 4.90 Å². The van der Waals surface area contributed by atoms with Crippen molar-refractivity contribution in [3.8, 4) is 0 Å². The van der Waals surface area contributed by atoms with Crippen LogP contribution in [0.5, 0.6) is 0 Å². The van der Waals surface area contributed by atoms with Gasteiger partial charge in [0.25, 0.3) is 5.91 Å². The molecule has 1 atom stereocenters. The molecular weight excluding hydrogens is 348 g/mol. The van der Waals surface area contributed by atoms with Crippen molar-refractivity contribution in [3.63, 3.8) is 0 Å². The van der Waals surface area contributed by atoms with E-state index in [1.807, 2.05) is 24.3 Å². The Balaban J connectivity index is 1.52. The molecule has 0 aromatic heterocycles. The van der Waals surface area contributed by atoms with E-state index in [9.17, 15) is 14.1 Å². The molecule has 0 radical (unpaired) electrons. The Morgan fingerprint density at radius 2 is 1.92 bits per heavy atom. The summed E-state index contributed by atoms with van der Waals surface area (Å²) in [6.45, 7) is 0.708. The Kier molecular flexibility index (Phi) is 5.08. The van der Waals surface area contributed by atoms with Crippen molar-refractivity contribution in [2.75, 3.05) is 6.54 Å². The molecule has 2 aromatic rings. The maximum absolute atomic E-state index is 12.2. The van der Waals surface area contributed by atoms with Gasteiger partial charge in [0.15, 0.2) is 15.6 Å². The summed E-state index contributed by atoms with van der Waals surface area (Å²) in [5.74, 6) is -0.267. The van der Waals surface area contributed by atoms with Crippen LogP contribution in [-0.2, 0) is 23.4 Å². The van der Waals surface area contributed by atoms with Gasteiger partial charge >= 0.3 is 6.03 Å². The molecule has 5 nitrogen and oxygen atoms in total. The van der Waals surface area contributed by atoms with E-state index in [-0.39, 0.29) is 5.91 Å². The molecule has 1 aliphatic rings. The van der Waals surface area contributed by atoms with Crippen molar-refractivity contribution in [2.24, 2.45) is 0 Å². The second-order valence-electron chi connectivity index (χ2n) is 5.40. The molecule has 0 saturated carbocycles. The summed E-state index contributed by atoms with van der Waals surface area (Å²) in [4.78, 5) is 26.1. The highest BCUT2D eigenvalue weighted by Gasteiger charge is 2.31. The van der Waals surface area contributed by atoms with E-state index in [0.29, 0.717) is 30.0 Å². The van der Waals surface area contributed by atoms with E-state index in [1.54, 1.807) is 24.3 Å². The Bertz CT molecular complexity index is 765. The van der Waals surface area contributed by atoms with Crippen LogP contribution in [-0.4, -0.2) is 27.9 Å². The van der Waals surface area contributed by atoms with Crippen LogP contribution in [0.15, 0.2) is 53.4 Å². The summed E-state index contributed by atoms with van der Waals surface area (Å²) < 4.78 is 11.1. The Morgan fingerprint density at radius 3 is 2.58 bits per heavy atom. The van der Waals surface area contributed by atoms with Crippen LogP contribution in [0.1, 0.15) is 21.5 Å². The van der Waals surface area contributed by atoms with Crippen LogP contribution >= 0.6 is 10.7 Å². The predicted octanol–water partition coefficient (Wildman–Crippen LogP) is 2.86. The van der Waals surface area contributed by atoms with Crippen molar-refractivity contribution in [2.45, 2.75) is 17.9 Å². The second kappa shape index (κ2) is 7.25. The lowest BCUT2D eigenvalue weighted by molar-refractivity contribution is 0.0821. The highest BCUT2D eigenvalue weighted by atomic mass is 35.7. The lowest BCUT2D eigenvalue weighted by Crippen LogP contribution is -2.40. The van der Waals surface area contributed by atoms with Gasteiger partial charge in [0.1, 0.15) is 10.4 Å². The summed E-state index contributed by atoms with van der Waals surface area (Å²) in [5, 5.41) is 2.76. The number of nitrogens with one attached hydrogen (secondary N) is 1. The number of benzene rings is 2. The number of urea groups is 1. The largest absolute Gasteiger partial charge is 0.594 e. The normalized spacial score (nSPS) is 14.4. The number of carbonyl (C=O) groups is 2. The zero-order chi connectivity index (χ0) is 17.1. The van der Waals surface area contributed by atoms with E-state index in [4.69, 9.17) is 10.7 Å². The molecule has 2 aromatic carbocycles. The number of halogens is 1. The topological polar surface area (TPSA) is 72.5 Å². The van der Waals surface area contributed by atoms with Gasteiger partial charge in [0.2, 0.25) is 0 Å². The zero-order valence-corrected chi connectivity index (χ0v) is 14.3. The third-order valence-electron chi connectivity index (χ3n) is 3.87. The number of fused-ring (bicyclic) bond motifs is 1. The first-order valence-corrected chi connectivity index (χ1v) is 9.38. The van der Waals surface area contributed by atoms with Crippen molar-refractivity contribution in [1.82, 2.24) is 10.2 Å². The van der Waals surface area contributed by atoms with Gasteiger partial charge in [-0.05, 0) is 35.7 Å². The van der Waals surface area contributed by atoms with Crippen molar-refractivity contribution >= 4 is 33.0 Å². The Hall–Kier alpha value is -2.02. The minimum Gasteiger partial charge on any atom is -0.594 e. The van der Waals surface area contributed by atoms with E-state index < -0.39 is 16.4 Å². The molecule has 1 heterocycles. The lowest BCUT2D eigenvalue weighted by Gasteiger charge is -2.14. The van der Waals surface area contributed by atoms with Gasteiger partial charge in [-0.2, -0.15) is 0 Å². The maximum Gasteiger partial charge on any atom is 0.324 e. The summed E-state index contributed by atoms with van der Waals surface area (Å²) >= 11 is 0. The van der Waals surface area contributed by atoms with Gasteiger partial charge in [-0.15, -0.1) is 0 Å². The van der Waals surface area contributed by atoms with Gasteiger partial charge < -0.3 is 9.87 Å². The molecule has 0 aliphatic carbocycles. The first kappa shape index (κ1) is 16.8. The molecule has 1 aliphatic heterocycles. The molecule has 0 spiro atoms. The van der Waals surface area contributed by atoms with Gasteiger partial charge in [0.05, 0.1) is 6.54 Å². The minimum absolute atomic E-state index is 0.267. The quantitative estimate of drug-likeness (QED) is 0.850. The molecule has 3 rings (SSSR count). The molecule has 0 fully saturated rings. The van der Waals surface area contributed by atoms with Crippen LogP contribution in [0.2, 0.25) is 0 Å². The van der Waals surface area contributed by atoms with Crippen molar-refractivity contribution in [3.05, 3.63) is 65.2 Å². The predicted molar refractivity (Wildman–Crippen MR) is 92.1 cm³/mol. The SMILES string of the molecule is O=C(NCCc1ccc([S+]([O-])Cl)cc1)N1Cc2ccccc2C1=O. The number of rotatable bonds is 4.